The van der Waals surface area contributed by atoms with Gasteiger partial charge in [0.25, 0.3) is 0 Å². The van der Waals surface area contributed by atoms with Crippen LogP contribution < -0.4 is 16.2 Å². The Labute approximate surface area is 127 Å². The van der Waals surface area contributed by atoms with Crippen LogP contribution in [-0.4, -0.2) is 30.2 Å². The molecule has 0 aliphatic carbocycles. The SMILES string of the molecule is COCc1nc(NN)cc(N2CCCC(C(C)C)CC2)n1. The lowest BCUT2D eigenvalue weighted by atomic mass is 9.89. The standard InChI is InChI=1S/C15H27N5O/c1-11(2)12-5-4-7-20(8-6-12)15-9-13(19-16)17-14(18-15)10-21-3/h9,11-12H,4-8,10,16H2,1-3H3,(H,17,18,19). The van der Waals surface area contributed by atoms with E-state index in [2.05, 4.69) is 34.1 Å². The lowest BCUT2D eigenvalue weighted by Crippen LogP contribution is -2.26. The first-order chi connectivity index (χ1) is 10.1. The predicted molar refractivity (Wildman–Crippen MR) is 84.9 cm³/mol. The number of nitrogens with one attached hydrogen (secondary N) is 1. The Bertz CT molecular complexity index is 452. The molecule has 1 aromatic rings. The van der Waals surface area contributed by atoms with Gasteiger partial charge in [0.05, 0.1) is 0 Å². The molecule has 2 heterocycles. The molecular weight excluding hydrogens is 266 g/mol. The lowest BCUT2D eigenvalue weighted by Gasteiger charge is -2.23. The molecule has 0 saturated carbocycles. The minimum absolute atomic E-state index is 0.394. The minimum atomic E-state index is 0.394. The highest BCUT2D eigenvalue weighted by atomic mass is 16.5. The molecular formula is C15H27N5O. The minimum Gasteiger partial charge on any atom is -0.377 e. The van der Waals surface area contributed by atoms with Crippen LogP contribution in [-0.2, 0) is 11.3 Å². The zero-order chi connectivity index (χ0) is 15.2. The summed E-state index contributed by atoms with van der Waals surface area (Å²) in [4.78, 5) is 11.2. The Morgan fingerprint density at radius 2 is 2.19 bits per heavy atom. The van der Waals surface area contributed by atoms with Crippen LogP contribution in [0, 0.1) is 11.8 Å². The van der Waals surface area contributed by atoms with Crippen molar-refractivity contribution < 1.29 is 4.74 Å². The molecule has 1 saturated heterocycles. The number of hydrazine groups is 1. The molecule has 1 aliphatic heterocycles. The van der Waals surface area contributed by atoms with Crippen molar-refractivity contribution in [2.75, 3.05) is 30.5 Å². The first-order valence-corrected chi connectivity index (χ1v) is 7.72. The molecule has 1 aromatic heterocycles. The highest BCUT2D eigenvalue weighted by Gasteiger charge is 2.21. The van der Waals surface area contributed by atoms with E-state index in [4.69, 9.17) is 10.6 Å². The van der Waals surface area contributed by atoms with Gasteiger partial charge < -0.3 is 15.1 Å². The third kappa shape index (κ3) is 4.28. The van der Waals surface area contributed by atoms with Gasteiger partial charge in [0.1, 0.15) is 18.2 Å². The number of hydrogen-bond acceptors (Lipinski definition) is 6. The zero-order valence-corrected chi connectivity index (χ0v) is 13.3. The largest absolute Gasteiger partial charge is 0.377 e. The van der Waals surface area contributed by atoms with E-state index >= 15 is 0 Å². The first kappa shape index (κ1) is 16.0. The summed E-state index contributed by atoms with van der Waals surface area (Å²) in [5, 5.41) is 0. The maximum Gasteiger partial charge on any atom is 0.158 e. The summed E-state index contributed by atoms with van der Waals surface area (Å²) in [7, 11) is 1.64. The van der Waals surface area contributed by atoms with Crippen molar-refractivity contribution in [2.45, 2.75) is 39.7 Å². The maximum absolute atomic E-state index is 5.51. The van der Waals surface area contributed by atoms with E-state index in [-0.39, 0.29) is 0 Å². The number of aromatic nitrogens is 2. The number of ether oxygens (including phenoxy) is 1. The summed E-state index contributed by atoms with van der Waals surface area (Å²) in [6.07, 6.45) is 3.72. The Morgan fingerprint density at radius 1 is 1.38 bits per heavy atom. The van der Waals surface area contributed by atoms with E-state index in [1.54, 1.807) is 7.11 Å². The summed E-state index contributed by atoms with van der Waals surface area (Å²) < 4.78 is 5.13. The second-order valence-corrected chi connectivity index (χ2v) is 6.03. The van der Waals surface area contributed by atoms with Gasteiger partial charge in [-0.15, -0.1) is 0 Å². The van der Waals surface area contributed by atoms with E-state index in [0.29, 0.717) is 18.2 Å². The van der Waals surface area contributed by atoms with Crippen molar-refractivity contribution in [2.24, 2.45) is 17.7 Å². The summed E-state index contributed by atoms with van der Waals surface area (Å²) >= 11 is 0. The normalized spacial score (nSPS) is 19.7. The zero-order valence-electron chi connectivity index (χ0n) is 13.3. The molecule has 6 heteroatoms. The van der Waals surface area contributed by atoms with Crippen LogP contribution in [0.4, 0.5) is 11.6 Å². The average Bonchev–Trinajstić information content (AvgIpc) is 2.73. The Kier molecular flexibility index (Phi) is 5.76. The Morgan fingerprint density at radius 3 is 2.86 bits per heavy atom. The summed E-state index contributed by atoms with van der Waals surface area (Å²) in [6.45, 7) is 7.11. The van der Waals surface area contributed by atoms with E-state index in [1.807, 2.05) is 6.07 Å². The van der Waals surface area contributed by atoms with Crippen molar-refractivity contribution in [1.82, 2.24) is 9.97 Å². The topological polar surface area (TPSA) is 76.3 Å². The van der Waals surface area contributed by atoms with Gasteiger partial charge in [0.2, 0.25) is 0 Å². The molecule has 0 amide bonds. The molecule has 21 heavy (non-hydrogen) atoms. The first-order valence-electron chi connectivity index (χ1n) is 7.72. The number of hydrogen-bond donors (Lipinski definition) is 2. The van der Waals surface area contributed by atoms with Crippen LogP contribution in [0.2, 0.25) is 0 Å². The van der Waals surface area contributed by atoms with Gasteiger partial charge in [0, 0.05) is 26.3 Å². The third-order valence-electron chi connectivity index (χ3n) is 4.22. The number of nitrogens with two attached hydrogens (primary N) is 1. The highest BCUT2D eigenvalue weighted by molar-refractivity contribution is 5.49. The van der Waals surface area contributed by atoms with Gasteiger partial charge >= 0.3 is 0 Å². The number of nitrogens with zero attached hydrogens (tertiary/aromatic N) is 3. The Hall–Kier alpha value is -1.40. The molecule has 0 bridgehead atoms. The lowest BCUT2D eigenvalue weighted by molar-refractivity contribution is 0.178. The second kappa shape index (κ2) is 7.56. The molecule has 1 unspecified atom stereocenters. The van der Waals surface area contributed by atoms with Crippen molar-refractivity contribution in [3.05, 3.63) is 11.9 Å². The van der Waals surface area contributed by atoms with Gasteiger partial charge in [-0.2, -0.15) is 0 Å². The quantitative estimate of drug-likeness (QED) is 0.640. The van der Waals surface area contributed by atoms with Crippen LogP contribution >= 0.6 is 0 Å². The Balaban J connectivity index is 2.14. The van der Waals surface area contributed by atoms with Crippen LogP contribution in [0.15, 0.2) is 6.07 Å². The molecule has 2 rings (SSSR count). The van der Waals surface area contributed by atoms with Crippen molar-refractivity contribution in [1.29, 1.82) is 0 Å². The maximum atomic E-state index is 5.51. The van der Waals surface area contributed by atoms with Crippen molar-refractivity contribution in [3.8, 4) is 0 Å². The fourth-order valence-electron chi connectivity index (χ4n) is 2.93. The van der Waals surface area contributed by atoms with Gasteiger partial charge in [-0.1, -0.05) is 13.8 Å². The number of rotatable bonds is 5. The summed E-state index contributed by atoms with van der Waals surface area (Å²) in [5.74, 6) is 9.30. The van der Waals surface area contributed by atoms with Gasteiger partial charge in [-0.25, -0.2) is 15.8 Å². The fraction of sp³-hybridized carbons (Fsp3) is 0.733. The van der Waals surface area contributed by atoms with Gasteiger partial charge in [-0.3, -0.25) is 0 Å². The fourth-order valence-corrected chi connectivity index (χ4v) is 2.93. The highest BCUT2D eigenvalue weighted by Crippen LogP contribution is 2.27. The van der Waals surface area contributed by atoms with Gasteiger partial charge in [-0.05, 0) is 31.1 Å². The van der Waals surface area contributed by atoms with Gasteiger partial charge in [0.15, 0.2) is 5.82 Å². The van der Waals surface area contributed by atoms with E-state index in [9.17, 15) is 0 Å². The molecule has 118 valence electrons. The van der Waals surface area contributed by atoms with Crippen LogP contribution in [0.5, 0.6) is 0 Å². The molecule has 0 aromatic carbocycles. The molecule has 0 spiro atoms. The van der Waals surface area contributed by atoms with Crippen molar-refractivity contribution >= 4 is 11.6 Å². The van der Waals surface area contributed by atoms with Crippen LogP contribution in [0.25, 0.3) is 0 Å². The monoisotopic (exact) mass is 293 g/mol. The molecule has 1 aliphatic rings. The third-order valence-corrected chi connectivity index (χ3v) is 4.22. The molecule has 1 fully saturated rings. The average molecular weight is 293 g/mol. The van der Waals surface area contributed by atoms with Crippen molar-refractivity contribution in [3.63, 3.8) is 0 Å². The molecule has 6 nitrogen and oxygen atoms in total. The number of anilines is 2. The molecule has 1 atom stereocenters. The van der Waals surface area contributed by atoms with E-state index < -0.39 is 0 Å². The van der Waals surface area contributed by atoms with E-state index in [0.717, 1.165) is 30.7 Å². The smallest absolute Gasteiger partial charge is 0.158 e. The number of nitrogen functional groups attached to an aromatic ring is 1. The predicted octanol–water partition coefficient (Wildman–Crippen LogP) is 2.17. The van der Waals surface area contributed by atoms with E-state index in [1.165, 1.54) is 19.3 Å². The second-order valence-electron chi connectivity index (χ2n) is 6.03. The number of methoxy groups -OCH3 is 1. The molecule has 0 radical (unpaired) electrons. The molecule has 3 N–H and O–H groups in total. The van der Waals surface area contributed by atoms with Crippen LogP contribution in [0.3, 0.4) is 0 Å². The van der Waals surface area contributed by atoms with Crippen LogP contribution in [0.1, 0.15) is 38.9 Å². The summed E-state index contributed by atoms with van der Waals surface area (Å²) in [6, 6.07) is 1.91. The summed E-state index contributed by atoms with van der Waals surface area (Å²) in [5.41, 5.74) is 2.61.